The second-order valence-electron chi connectivity index (χ2n) is 4.41. The smallest absolute Gasteiger partial charge is 0.269 e. The summed E-state index contributed by atoms with van der Waals surface area (Å²) < 4.78 is 6.01. The van der Waals surface area contributed by atoms with Crippen LogP contribution in [0.1, 0.15) is 9.67 Å². The number of anilines is 3. The van der Waals surface area contributed by atoms with E-state index in [2.05, 4.69) is 26.2 Å². The van der Waals surface area contributed by atoms with Gasteiger partial charge in [0.2, 0.25) is 0 Å². The highest BCUT2D eigenvalue weighted by atomic mass is 79.9. The molecule has 0 spiro atoms. The van der Waals surface area contributed by atoms with E-state index in [-0.39, 0.29) is 11.7 Å². The van der Waals surface area contributed by atoms with Gasteiger partial charge < -0.3 is 20.7 Å². The summed E-state index contributed by atoms with van der Waals surface area (Å²) in [7, 11) is 5.26. The Morgan fingerprint density at radius 2 is 2.19 bits per heavy atom. The minimum atomic E-state index is -0.289. The van der Waals surface area contributed by atoms with Crippen molar-refractivity contribution >= 4 is 49.8 Å². The topological polar surface area (TPSA) is 80.5 Å². The van der Waals surface area contributed by atoms with Gasteiger partial charge in [0.05, 0.1) is 11.6 Å². The van der Waals surface area contributed by atoms with Crippen molar-refractivity contribution in [2.45, 2.75) is 0 Å². The third kappa shape index (κ3) is 3.45. The molecule has 2 rings (SSSR count). The molecule has 112 valence electrons. The molecule has 0 atom stereocenters. The Balaban J connectivity index is 2.22. The fraction of sp³-hybridized carbons (Fsp3) is 0.231. The van der Waals surface area contributed by atoms with Crippen LogP contribution < -0.4 is 20.7 Å². The van der Waals surface area contributed by atoms with Crippen LogP contribution in [0.2, 0.25) is 0 Å². The van der Waals surface area contributed by atoms with Gasteiger partial charge in [-0.1, -0.05) is 11.3 Å². The number of thiazole rings is 1. The van der Waals surface area contributed by atoms with Gasteiger partial charge in [-0.05, 0) is 28.1 Å². The van der Waals surface area contributed by atoms with E-state index in [1.54, 1.807) is 30.2 Å². The molecule has 1 heterocycles. The number of nitrogens with two attached hydrogens (primary N) is 1. The van der Waals surface area contributed by atoms with Gasteiger partial charge in [0.15, 0.2) is 5.13 Å². The molecule has 0 bridgehead atoms. The van der Waals surface area contributed by atoms with Crippen LogP contribution in [-0.2, 0) is 0 Å². The van der Waals surface area contributed by atoms with Crippen molar-refractivity contribution in [1.82, 2.24) is 4.98 Å². The lowest BCUT2D eigenvalue weighted by Gasteiger charge is -2.08. The molecule has 1 aromatic carbocycles. The summed E-state index contributed by atoms with van der Waals surface area (Å²) in [6.45, 7) is 0. The fourth-order valence-electron chi connectivity index (χ4n) is 1.60. The number of methoxy groups -OCH3 is 1. The zero-order valence-corrected chi connectivity index (χ0v) is 14.2. The van der Waals surface area contributed by atoms with Crippen LogP contribution in [0.3, 0.4) is 0 Å². The molecule has 0 unspecified atom stereocenters. The van der Waals surface area contributed by atoms with Crippen LogP contribution in [0.25, 0.3) is 0 Å². The Bertz CT molecular complexity index is 672. The van der Waals surface area contributed by atoms with Crippen molar-refractivity contribution in [3.63, 3.8) is 0 Å². The number of hydrogen-bond acceptors (Lipinski definition) is 6. The van der Waals surface area contributed by atoms with Crippen molar-refractivity contribution in [1.29, 1.82) is 0 Å². The Kier molecular flexibility index (Phi) is 4.69. The zero-order chi connectivity index (χ0) is 15.6. The van der Waals surface area contributed by atoms with E-state index in [1.165, 1.54) is 11.3 Å². The average molecular weight is 371 g/mol. The van der Waals surface area contributed by atoms with Gasteiger partial charge in [-0.15, -0.1) is 0 Å². The maximum absolute atomic E-state index is 12.3. The number of nitrogen functional groups attached to an aromatic ring is 1. The summed E-state index contributed by atoms with van der Waals surface area (Å²) in [6.07, 6.45) is 0. The minimum absolute atomic E-state index is 0.227. The first-order valence-electron chi connectivity index (χ1n) is 6.01. The van der Waals surface area contributed by atoms with Crippen molar-refractivity contribution < 1.29 is 9.53 Å². The molecule has 1 amide bonds. The maximum atomic E-state index is 12.3. The van der Waals surface area contributed by atoms with Crippen molar-refractivity contribution in [2.75, 3.05) is 37.2 Å². The number of ether oxygens (including phenoxy) is 1. The highest BCUT2D eigenvalue weighted by Gasteiger charge is 2.17. The Hall–Kier alpha value is -1.80. The molecule has 0 fully saturated rings. The van der Waals surface area contributed by atoms with Gasteiger partial charge in [0.1, 0.15) is 16.4 Å². The summed E-state index contributed by atoms with van der Waals surface area (Å²) in [6, 6.07) is 5.30. The number of nitrogens with zero attached hydrogens (tertiary/aromatic N) is 2. The van der Waals surface area contributed by atoms with Crippen molar-refractivity contribution in [3.8, 4) is 5.75 Å². The second kappa shape index (κ2) is 6.31. The van der Waals surface area contributed by atoms with Gasteiger partial charge in [-0.25, -0.2) is 4.98 Å². The number of aromatic nitrogens is 1. The average Bonchev–Trinajstić information content (AvgIpc) is 2.83. The van der Waals surface area contributed by atoms with E-state index in [4.69, 9.17) is 10.5 Å². The summed E-state index contributed by atoms with van der Waals surface area (Å²) >= 11 is 4.61. The summed E-state index contributed by atoms with van der Waals surface area (Å²) in [4.78, 5) is 18.6. The third-order valence-corrected chi connectivity index (χ3v) is 4.53. The molecule has 1 aromatic heterocycles. The number of amides is 1. The number of carbonyl (C=O) groups is 1. The van der Waals surface area contributed by atoms with Crippen LogP contribution in [-0.4, -0.2) is 32.1 Å². The third-order valence-electron chi connectivity index (χ3n) is 2.64. The van der Waals surface area contributed by atoms with Gasteiger partial charge in [-0.3, -0.25) is 4.79 Å². The largest absolute Gasteiger partial charge is 0.495 e. The van der Waals surface area contributed by atoms with E-state index in [9.17, 15) is 4.79 Å². The summed E-state index contributed by atoms with van der Waals surface area (Å²) in [5, 5.41) is 3.47. The summed E-state index contributed by atoms with van der Waals surface area (Å²) in [5.74, 6) is 0.576. The Morgan fingerprint density at radius 1 is 1.48 bits per heavy atom. The predicted octanol–water partition coefficient (Wildman–Crippen LogP) is 2.81. The molecular weight excluding hydrogens is 356 g/mol. The molecule has 2 aromatic rings. The number of carbonyl (C=O) groups excluding carboxylic acids is 1. The number of benzene rings is 1. The molecule has 6 nitrogen and oxygen atoms in total. The quantitative estimate of drug-likeness (QED) is 0.864. The standard InChI is InChI=1S/C13H15BrN4O2S/c1-18(2)13-17-11(15)10(21-13)12(19)16-7-4-5-8(14)9(6-7)20-3/h4-6H,15H2,1-3H3,(H,16,19). The van der Waals surface area contributed by atoms with Crippen LogP contribution in [0.15, 0.2) is 22.7 Å². The first kappa shape index (κ1) is 15.6. The van der Waals surface area contributed by atoms with E-state index in [0.717, 1.165) is 4.47 Å². The van der Waals surface area contributed by atoms with Gasteiger partial charge in [-0.2, -0.15) is 0 Å². The summed E-state index contributed by atoms with van der Waals surface area (Å²) in [5.41, 5.74) is 6.42. The predicted molar refractivity (Wildman–Crippen MR) is 89.5 cm³/mol. The lowest BCUT2D eigenvalue weighted by atomic mass is 10.3. The SMILES string of the molecule is COc1cc(NC(=O)c2sc(N(C)C)nc2N)ccc1Br. The molecule has 21 heavy (non-hydrogen) atoms. The van der Waals surface area contributed by atoms with Gasteiger partial charge in [0, 0.05) is 25.8 Å². The monoisotopic (exact) mass is 370 g/mol. The van der Waals surface area contributed by atoms with Gasteiger partial charge >= 0.3 is 0 Å². The van der Waals surface area contributed by atoms with Crippen LogP contribution in [0.4, 0.5) is 16.6 Å². The molecule has 0 aliphatic heterocycles. The fourth-order valence-corrected chi connectivity index (χ4v) is 2.81. The van der Waals surface area contributed by atoms with Crippen molar-refractivity contribution in [3.05, 3.63) is 27.5 Å². The van der Waals surface area contributed by atoms with E-state index >= 15 is 0 Å². The molecule has 0 aliphatic rings. The minimum Gasteiger partial charge on any atom is -0.495 e. The van der Waals surface area contributed by atoms with Crippen molar-refractivity contribution in [2.24, 2.45) is 0 Å². The van der Waals surface area contributed by atoms with Crippen LogP contribution in [0, 0.1) is 0 Å². The van der Waals surface area contributed by atoms with E-state index in [0.29, 0.717) is 21.4 Å². The lowest BCUT2D eigenvalue weighted by Crippen LogP contribution is -2.12. The molecule has 0 radical (unpaired) electrons. The second-order valence-corrected chi connectivity index (χ2v) is 6.24. The number of nitrogens with one attached hydrogen (secondary N) is 1. The first-order chi connectivity index (χ1) is 9.92. The van der Waals surface area contributed by atoms with Gasteiger partial charge in [0.25, 0.3) is 5.91 Å². The Morgan fingerprint density at radius 3 is 2.76 bits per heavy atom. The molecule has 0 saturated carbocycles. The molecule has 8 heteroatoms. The number of rotatable bonds is 4. The molecular formula is C13H15BrN4O2S. The number of halogens is 1. The number of hydrogen-bond donors (Lipinski definition) is 2. The Labute approximate surface area is 135 Å². The maximum Gasteiger partial charge on any atom is 0.269 e. The van der Waals surface area contributed by atoms with Crippen LogP contribution >= 0.6 is 27.3 Å². The zero-order valence-electron chi connectivity index (χ0n) is 11.8. The molecule has 3 N–H and O–H groups in total. The highest BCUT2D eigenvalue weighted by Crippen LogP contribution is 2.30. The van der Waals surface area contributed by atoms with Crippen LogP contribution in [0.5, 0.6) is 5.75 Å². The van der Waals surface area contributed by atoms with E-state index < -0.39 is 0 Å². The molecule has 0 aliphatic carbocycles. The van der Waals surface area contributed by atoms with E-state index in [1.807, 2.05) is 14.1 Å². The normalized spacial score (nSPS) is 10.3. The molecule has 0 saturated heterocycles. The first-order valence-corrected chi connectivity index (χ1v) is 7.62. The highest BCUT2D eigenvalue weighted by molar-refractivity contribution is 9.10. The lowest BCUT2D eigenvalue weighted by molar-refractivity contribution is 0.103.